The Morgan fingerprint density at radius 1 is 1.30 bits per heavy atom. The van der Waals surface area contributed by atoms with Crippen molar-refractivity contribution in [2.45, 2.75) is 18.6 Å². The van der Waals surface area contributed by atoms with Crippen LogP contribution in [-0.2, 0) is 21.2 Å². The number of carbonyl (C=O) groups is 1. The van der Waals surface area contributed by atoms with Crippen molar-refractivity contribution < 1.29 is 17.7 Å². The molecule has 1 aromatic heterocycles. The van der Waals surface area contributed by atoms with Crippen LogP contribution in [0.25, 0.3) is 0 Å². The molecule has 1 heterocycles. The molecule has 1 atom stereocenters. The molecule has 0 aliphatic heterocycles. The number of carbonyl (C=O) groups excluding carboxylic acids is 1. The van der Waals surface area contributed by atoms with Crippen molar-refractivity contribution in [1.29, 1.82) is 0 Å². The SMILES string of the molecule is CC(C(=O)N(C)C)S(=O)(=O)Nc1noc(Cc2ccccc2)n1. The van der Waals surface area contributed by atoms with E-state index in [4.69, 9.17) is 4.52 Å². The van der Waals surface area contributed by atoms with Gasteiger partial charge in [0.05, 0.1) is 6.42 Å². The van der Waals surface area contributed by atoms with Crippen LogP contribution >= 0.6 is 0 Å². The molecule has 0 saturated heterocycles. The molecule has 1 unspecified atom stereocenters. The van der Waals surface area contributed by atoms with Gasteiger partial charge < -0.3 is 9.42 Å². The predicted octanol–water partition coefficient (Wildman–Crippen LogP) is 0.879. The number of hydrogen-bond acceptors (Lipinski definition) is 6. The van der Waals surface area contributed by atoms with Gasteiger partial charge in [0.1, 0.15) is 0 Å². The van der Waals surface area contributed by atoms with Crippen LogP contribution in [0.4, 0.5) is 5.95 Å². The summed E-state index contributed by atoms with van der Waals surface area (Å²) in [5.74, 6) is -0.444. The average Bonchev–Trinajstić information content (AvgIpc) is 2.92. The highest BCUT2D eigenvalue weighted by Crippen LogP contribution is 2.12. The van der Waals surface area contributed by atoms with Crippen molar-refractivity contribution >= 4 is 21.9 Å². The fourth-order valence-corrected chi connectivity index (χ4v) is 2.84. The third-order valence-corrected chi connectivity index (χ3v) is 4.75. The molecule has 1 N–H and O–H groups in total. The van der Waals surface area contributed by atoms with Gasteiger partial charge >= 0.3 is 0 Å². The van der Waals surface area contributed by atoms with E-state index in [1.807, 2.05) is 30.3 Å². The Balaban J connectivity index is 2.08. The third-order valence-electron chi connectivity index (χ3n) is 3.15. The Bertz CT molecular complexity index is 771. The minimum absolute atomic E-state index is 0.186. The maximum absolute atomic E-state index is 12.1. The maximum atomic E-state index is 12.1. The van der Waals surface area contributed by atoms with Crippen LogP contribution < -0.4 is 4.72 Å². The van der Waals surface area contributed by atoms with Crippen molar-refractivity contribution in [3.63, 3.8) is 0 Å². The van der Waals surface area contributed by atoms with E-state index in [1.165, 1.54) is 25.9 Å². The Labute approximate surface area is 134 Å². The summed E-state index contributed by atoms with van der Waals surface area (Å²) >= 11 is 0. The van der Waals surface area contributed by atoms with Crippen LogP contribution in [0.15, 0.2) is 34.9 Å². The second-order valence-electron chi connectivity index (χ2n) is 5.20. The molecular formula is C14H18N4O4S. The van der Waals surface area contributed by atoms with Crippen LogP contribution in [0.3, 0.4) is 0 Å². The zero-order chi connectivity index (χ0) is 17.0. The summed E-state index contributed by atoms with van der Waals surface area (Å²) in [6.45, 7) is 1.30. The second-order valence-corrected chi connectivity index (χ2v) is 7.20. The highest BCUT2D eigenvalue weighted by molar-refractivity contribution is 7.94. The molecular weight excluding hydrogens is 320 g/mol. The average molecular weight is 338 g/mol. The van der Waals surface area contributed by atoms with E-state index < -0.39 is 21.2 Å². The van der Waals surface area contributed by atoms with E-state index in [0.29, 0.717) is 6.42 Å². The summed E-state index contributed by atoms with van der Waals surface area (Å²) in [5, 5.41) is 2.33. The number of sulfonamides is 1. The van der Waals surface area contributed by atoms with E-state index in [1.54, 1.807) is 0 Å². The first-order valence-electron chi connectivity index (χ1n) is 6.89. The lowest BCUT2D eigenvalue weighted by atomic mass is 10.2. The third kappa shape index (κ3) is 4.28. The van der Waals surface area contributed by atoms with Crippen molar-refractivity contribution in [2.24, 2.45) is 0 Å². The van der Waals surface area contributed by atoms with Crippen molar-refractivity contribution in [3.05, 3.63) is 41.8 Å². The Morgan fingerprint density at radius 2 is 1.96 bits per heavy atom. The second kappa shape index (κ2) is 6.78. The molecule has 9 heteroatoms. The Kier molecular flexibility index (Phi) is 4.99. The zero-order valence-corrected chi connectivity index (χ0v) is 13.9. The minimum Gasteiger partial charge on any atom is -0.348 e. The van der Waals surface area contributed by atoms with Crippen LogP contribution in [0.5, 0.6) is 0 Å². The predicted molar refractivity (Wildman–Crippen MR) is 84.2 cm³/mol. The minimum atomic E-state index is -3.94. The Morgan fingerprint density at radius 3 is 2.57 bits per heavy atom. The van der Waals surface area contributed by atoms with Crippen LogP contribution in [-0.4, -0.2) is 48.7 Å². The topological polar surface area (TPSA) is 105 Å². The highest BCUT2D eigenvalue weighted by Gasteiger charge is 2.30. The first-order chi connectivity index (χ1) is 10.8. The number of hydrogen-bond donors (Lipinski definition) is 1. The van der Waals surface area contributed by atoms with E-state index >= 15 is 0 Å². The number of amides is 1. The standard InChI is InChI=1S/C14H18N4O4S/c1-10(13(19)18(2)3)23(20,21)17-14-15-12(22-16-14)9-11-7-5-4-6-8-11/h4-8,10H,9H2,1-3H3,(H,16,17). The molecule has 0 fully saturated rings. The van der Waals surface area contributed by atoms with Gasteiger partial charge in [-0.15, -0.1) is 0 Å². The van der Waals surface area contributed by atoms with Gasteiger partial charge in [0, 0.05) is 14.1 Å². The molecule has 2 rings (SSSR count). The summed E-state index contributed by atoms with van der Waals surface area (Å²) < 4.78 is 31.5. The molecule has 0 spiro atoms. The molecule has 2 aromatic rings. The van der Waals surface area contributed by atoms with Gasteiger partial charge in [0.2, 0.25) is 21.8 Å². The fourth-order valence-electron chi connectivity index (χ4n) is 1.85. The van der Waals surface area contributed by atoms with Crippen molar-refractivity contribution in [1.82, 2.24) is 15.0 Å². The number of anilines is 1. The van der Waals surface area contributed by atoms with E-state index in [0.717, 1.165) is 5.56 Å². The largest absolute Gasteiger partial charge is 0.348 e. The Hall–Kier alpha value is -2.42. The molecule has 0 saturated carbocycles. The summed E-state index contributed by atoms with van der Waals surface area (Å²) in [6.07, 6.45) is 0.391. The van der Waals surface area contributed by atoms with Crippen LogP contribution in [0.2, 0.25) is 0 Å². The van der Waals surface area contributed by atoms with Gasteiger partial charge in [-0.2, -0.15) is 4.98 Å². The molecule has 0 aliphatic rings. The first kappa shape index (κ1) is 16.9. The molecule has 0 radical (unpaired) electrons. The number of rotatable bonds is 6. The molecule has 0 bridgehead atoms. The van der Waals surface area contributed by atoms with Gasteiger partial charge in [0.25, 0.3) is 5.95 Å². The molecule has 23 heavy (non-hydrogen) atoms. The van der Waals surface area contributed by atoms with Gasteiger partial charge in [-0.05, 0) is 17.6 Å². The van der Waals surface area contributed by atoms with Gasteiger partial charge in [-0.3, -0.25) is 4.79 Å². The maximum Gasteiger partial charge on any atom is 0.277 e. The summed E-state index contributed by atoms with van der Waals surface area (Å²) in [4.78, 5) is 17.0. The van der Waals surface area contributed by atoms with E-state index in [-0.39, 0.29) is 11.8 Å². The van der Waals surface area contributed by atoms with Crippen LogP contribution in [0, 0.1) is 0 Å². The van der Waals surface area contributed by atoms with Crippen molar-refractivity contribution in [3.8, 4) is 0 Å². The summed E-state index contributed by atoms with van der Waals surface area (Å²) in [6, 6.07) is 9.44. The van der Waals surface area contributed by atoms with Gasteiger partial charge in [0.15, 0.2) is 5.25 Å². The van der Waals surface area contributed by atoms with Crippen molar-refractivity contribution in [2.75, 3.05) is 18.8 Å². The number of nitrogens with one attached hydrogen (secondary N) is 1. The lowest BCUT2D eigenvalue weighted by Crippen LogP contribution is -2.40. The molecule has 0 aliphatic carbocycles. The molecule has 124 valence electrons. The number of nitrogens with zero attached hydrogens (tertiary/aromatic N) is 3. The molecule has 1 amide bonds. The quantitative estimate of drug-likeness (QED) is 0.838. The lowest BCUT2D eigenvalue weighted by molar-refractivity contribution is -0.127. The lowest BCUT2D eigenvalue weighted by Gasteiger charge is -2.16. The van der Waals surface area contributed by atoms with E-state index in [2.05, 4.69) is 14.9 Å². The van der Waals surface area contributed by atoms with Gasteiger partial charge in [-0.25, -0.2) is 13.1 Å². The normalized spacial score (nSPS) is 12.7. The molecule has 8 nitrogen and oxygen atoms in total. The molecule has 1 aromatic carbocycles. The summed E-state index contributed by atoms with van der Waals surface area (Å²) in [5.41, 5.74) is 0.960. The van der Waals surface area contributed by atoms with Gasteiger partial charge in [-0.1, -0.05) is 30.3 Å². The van der Waals surface area contributed by atoms with Crippen LogP contribution in [0.1, 0.15) is 18.4 Å². The highest BCUT2D eigenvalue weighted by atomic mass is 32.2. The monoisotopic (exact) mass is 338 g/mol. The first-order valence-corrected chi connectivity index (χ1v) is 8.43. The number of benzene rings is 1. The zero-order valence-electron chi connectivity index (χ0n) is 13.1. The smallest absolute Gasteiger partial charge is 0.277 e. The fraction of sp³-hybridized carbons (Fsp3) is 0.357. The van der Waals surface area contributed by atoms with E-state index in [9.17, 15) is 13.2 Å². The summed E-state index contributed by atoms with van der Waals surface area (Å²) in [7, 11) is -0.970. The number of aromatic nitrogens is 2.